The van der Waals surface area contributed by atoms with E-state index in [4.69, 9.17) is 0 Å². The monoisotopic (exact) mass is 450 g/mol. The van der Waals surface area contributed by atoms with Gasteiger partial charge >= 0.3 is 0 Å². The van der Waals surface area contributed by atoms with E-state index in [2.05, 4.69) is 25.8 Å². The minimum Gasteiger partial charge on any atom is -0.301 e. The van der Waals surface area contributed by atoms with E-state index in [-0.39, 0.29) is 21.8 Å². The second-order valence-corrected chi connectivity index (χ2v) is 13.4. The SMILES string of the molecule is CN(CCc1ccncc1)[C@H]1CS(=O)(=O)C[C@@H]1S(=O)(=O)c1ccc(C(C)(C)C)cc1. The van der Waals surface area contributed by atoms with Crippen molar-refractivity contribution in [1.82, 2.24) is 9.88 Å². The van der Waals surface area contributed by atoms with Crippen molar-refractivity contribution in [3.8, 4) is 0 Å². The number of rotatable bonds is 6. The van der Waals surface area contributed by atoms with Gasteiger partial charge in [-0.15, -0.1) is 0 Å². The Morgan fingerprint density at radius 1 is 1.03 bits per heavy atom. The van der Waals surface area contributed by atoms with Crippen molar-refractivity contribution in [3.05, 3.63) is 59.9 Å². The largest absolute Gasteiger partial charge is 0.301 e. The number of pyridine rings is 1. The maximum Gasteiger partial charge on any atom is 0.183 e. The van der Waals surface area contributed by atoms with E-state index in [0.29, 0.717) is 13.0 Å². The first-order valence-corrected chi connectivity index (χ1v) is 13.4. The van der Waals surface area contributed by atoms with Gasteiger partial charge in [0.1, 0.15) is 0 Å². The summed E-state index contributed by atoms with van der Waals surface area (Å²) in [5, 5.41) is -0.967. The highest BCUT2D eigenvalue weighted by Crippen LogP contribution is 2.30. The lowest BCUT2D eigenvalue weighted by atomic mass is 9.87. The molecule has 0 saturated carbocycles. The van der Waals surface area contributed by atoms with Gasteiger partial charge in [-0.3, -0.25) is 4.98 Å². The van der Waals surface area contributed by atoms with Gasteiger partial charge in [0.25, 0.3) is 0 Å². The molecule has 0 radical (unpaired) electrons. The third kappa shape index (κ3) is 5.10. The van der Waals surface area contributed by atoms with Crippen molar-refractivity contribution in [2.75, 3.05) is 25.1 Å². The fourth-order valence-electron chi connectivity index (χ4n) is 3.84. The van der Waals surface area contributed by atoms with E-state index in [1.165, 1.54) is 0 Å². The number of aromatic nitrogens is 1. The van der Waals surface area contributed by atoms with Crippen molar-refractivity contribution in [3.63, 3.8) is 0 Å². The Hall–Kier alpha value is -1.77. The summed E-state index contributed by atoms with van der Waals surface area (Å²) in [6.07, 6.45) is 4.12. The summed E-state index contributed by atoms with van der Waals surface area (Å²) in [5.74, 6) is -0.468. The lowest BCUT2D eigenvalue weighted by Gasteiger charge is -2.28. The molecule has 0 unspecified atom stereocenters. The maximum absolute atomic E-state index is 13.4. The van der Waals surface area contributed by atoms with Crippen LogP contribution in [0.3, 0.4) is 0 Å². The van der Waals surface area contributed by atoms with Gasteiger partial charge in [0.15, 0.2) is 19.7 Å². The quantitative estimate of drug-likeness (QED) is 0.672. The zero-order valence-electron chi connectivity index (χ0n) is 17.9. The normalized spacial score (nSPS) is 21.8. The summed E-state index contributed by atoms with van der Waals surface area (Å²) in [7, 11) is -5.40. The molecule has 2 aromatic rings. The summed E-state index contributed by atoms with van der Waals surface area (Å²) in [6.45, 7) is 6.76. The number of likely N-dealkylation sites (N-methyl/N-ethyl adjacent to an activating group) is 1. The Kier molecular flexibility index (Phi) is 6.41. The minimum atomic E-state index is -3.78. The molecule has 0 N–H and O–H groups in total. The Bertz CT molecular complexity index is 1070. The fourth-order valence-corrected chi connectivity index (χ4v) is 8.75. The second kappa shape index (κ2) is 8.40. The molecule has 3 rings (SSSR count). The van der Waals surface area contributed by atoms with Crippen molar-refractivity contribution in [2.45, 2.75) is 48.8 Å². The van der Waals surface area contributed by atoms with Crippen LogP contribution in [-0.4, -0.2) is 63.1 Å². The molecule has 0 bridgehead atoms. The minimum absolute atomic E-state index is 0.0886. The average Bonchev–Trinajstić information content (AvgIpc) is 3.03. The molecule has 2 atom stereocenters. The van der Waals surface area contributed by atoms with Crippen LogP contribution in [0.4, 0.5) is 0 Å². The fraction of sp³-hybridized carbons (Fsp3) is 0.500. The lowest BCUT2D eigenvalue weighted by molar-refractivity contribution is 0.266. The van der Waals surface area contributed by atoms with Gasteiger partial charge in [-0.25, -0.2) is 16.8 Å². The van der Waals surface area contributed by atoms with Crippen molar-refractivity contribution >= 4 is 19.7 Å². The van der Waals surface area contributed by atoms with Crippen LogP contribution in [-0.2, 0) is 31.5 Å². The molecule has 1 aliphatic heterocycles. The van der Waals surface area contributed by atoms with E-state index in [1.807, 2.05) is 29.2 Å². The molecule has 30 heavy (non-hydrogen) atoms. The van der Waals surface area contributed by atoms with Crippen LogP contribution >= 0.6 is 0 Å². The van der Waals surface area contributed by atoms with Gasteiger partial charge in [0, 0.05) is 25.0 Å². The molecule has 1 fully saturated rings. The lowest BCUT2D eigenvalue weighted by Crippen LogP contribution is -2.45. The van der Waals surface area contributed by atoms with E-state index < -0.39 is 31.0 Å². The summed E-state index contributed by atoms with van der Waals surface area (Å²) < 4.78 is 51.5. The van der Waals surface area contributed by atoms with Gasteiger partial charge in [-0.05, 0) is 54.3 Å². The van der Waals surface area contributed by atoms with Crippen molar-refractivity contribution in [1.29, 1.82) is 0 Å². The zero-order valence-corrected chi connectivity index (χ0v) is 19.6. The third-order valence-electron chi connectivity index (χ3n) is 5.79. The molecular formula is C22H30N2O4S2. The maximum atomic E-state index is 13.4. The molecule has 6 nitrogen and oxygen atoms in total. The van der Waals surface area contributed by atoms with Gasteiger partial charge < -0.3 is 4.90 Å². The molecule has 1 aromatic heterocycles. The zero-order chi connectivity index (χ0) is 22.2. The first-order chi connectivity index (χ1) is 13.9. The van der Waals surface area contributed by atoms with Gasteiger partial charge in [-0.1, -0.05) is 32.9 Å². The molecule has 1 saturated heterocycles. The number of sulfone groups is 2. The highest BCUT2D eigenvalue weighted by atomic mass is 32.2. The van der Waals surface area contributed by atoms with Crippen LogP contribution in [0.15, 0.2) is 53.7 Å². The van der Waals surface area contributed by atoms with E-state index in [1.54, 1.807) is 31.6 Å². The van der Waals surface area contributed by atoms with Gasteiger partial charge in [-0.2, -0.15) is 0 Å². The molecule has 1 aliphatic rings. The van der Waals surface area contributed by atoms with Gasteiger partial charge in [0.05, 0.1) is 21.7 Å². The van der Waals surface area contributed by atoms with Crippen LogP contribution in [0, 0.1) is 0 Å². The van der Waals surface area contributed by atoms with Crippen molar-refractivity contribution in [2.24, 2.45) is 0 Å². The second-order valence-electron chi connectivity index (χ2n) is 9.09. The molecule has 0 amide bonds. The van der Waals surface area contributed by atoms with Crippen molar-refractivity contribution < 1.29 is 16.8 Å². The smallest absolute Gasteiger partial charge is 0.183 e. The number of benzene rings is 1. The number of hydrogen-bond acceptors (Lipinski definition) is 6. The molecular weight excluding hydrogens is 420 g/mol. The number of hydrogen-bond donors (Lipinski definition) is 0. The molecule has 0 spiro atoms. The summed E-state index contributed by atoms with van der Waals surface area (Å²) in [4.78, 5) is 6.05. The van der Waals surface area contributed by atoms with Crippen LogP contribution in [0.1, 0.15) is 31.9 Å². The Balaban J connectivity index is 1.84. The average molecular weight is 451 g/mol. The van der Waals surface area contributed by atoms with E-state index in [0.717, 1.165) is 11.1 Å². The third-order valence-corrected chi connectivity index (χ3v) is 9.92. The summed E-state index contributed by atoms with van der Waals surface area (Å²) in [6, 6.07) is 10.1. The summed E-state index contributed by atoms with van der Waals surface area (Å²) >= 11 is 0. The number of nitrogens with zero attached hydrogens (tertiary/aromatic N) is 2. The molecule has 164 valence electrons. The van der Waals surface area contributed by atoms with Crippen LogP contribution in [0.5, 0.6) is 0 Å². The first-order valence-electron chi connectivity index (χ1n) is 10.0. The predicted molar refractivity (Wildman–Crippen MR) is 119 cm³/mol. The Labute approximate surface area is 180 Å². The standard InChI is InChI=1S/C22H30N2O4S2/c1-22(2,3)18-5-7-19(8-6-18)30(27,28)21-16-29(25,26)15-20(21)24(4)14-11-17-9-12-23-13-10-17/h5-10,12-13,20-21H,11,14-16H2,1-4H3/t20-,21-/m0/s1. The Morgan fingerprint density at radius 3 is 2.20 bits per heavy atom. The first kappa shape index (κ1) is 22.9. The highest BCUT2D eigenvalue weighted by Gasteiger charge is 2.47. The summed E-state index contributed by atoms with van der Waals surface area (Å²) in [5.41, 5.74) is 2.02. The predicted octanol–water partition coefficient (Wildman–Crippen LogP) is 2.49. The molecule has 1 aromatic carbocycles. The van der Waals surface area contributed by atoms with E-state index in [9.17, 15) is 16.8 Å². The highest BCUT2D eigenvalue weighted by molar-refractivity contribution is 7.96. The molecule has 8 heteroatoms. The Morgan fingerprint density at radius 2 is 1.63 bits per heavy atom. The molecule has 0 aliphatic carbocycles. The van der Waals surface area contributed by atoms with Crippen LogP contribution < -0.4 is 0 Å². The van der Waals surface area contributed by atoms with Crippen LogP contribution in [0.2, 0.25) is 0 Å². The van der Waals surface area contributed by atoms with Gasteiger partial charge in [0.2, 0.25) is 0 Å². The van der Waals surface area contributed by atoms with Crippen LogP contribution in [0.25, 0.3) is 0 Å². The molecule has 2 heterocycles. The topological polar surface area (TPSA) is 84.4 Å². The van der Waals surface area contributed by atoms with E-state index >= 15 is 0 Å².